The molecule has 0 saturated carbocycles. The van der Waals surface area contributed by atoms with Crippen LogP contribution in [0, 0.1) is 0 Å². The minimum absolute atomic E-state index is 0.117. The highest BCUT2D eigenvalue weighted by atomic mass is 35.5. The molecule has 0 amide bonds. The Hall–Kier alpha value is -0.980. The first-order valence-electron chi connectivity index (χ1n) is 6.76. The number of ether oxygens (including phenoxy) is 2. The van der Waals surface area contributed by atoms with Gasteiger partial charge in [-0.3, -0.25) is 0 Å². The minimum Gasteiger partial charge on any atom is -0.493 e. The average Bonchev–Trinajstić information content (AvgIpc) is 2.47. The average molecular weight is 336 g/mol. The third kappa shape index (κ3) is 6.54. The molecule has 0 aromatic heterocycles. The lowest BCUT2D eigenvalue weighted by Crippen LogP contribution is -2.28. The summed E-state index contributed by atoms with van der Waals surface area (Å²) in [6.45, 7) is 0.360. The van der Waals surface area contributed by atoms with E-state index in [4.69, 9.17) is 21.1 Å². The number of sulfonamides is 1. The highest BCUT2D eigenvalue weighted by Gasteiger charge is 2.10. The van der Waals surface area contributed by atoms with Crippen molar-refractivity contribution in [2.75, 3.05) is 32.4 Å². The molecule has 0 spiro atoms. The number of methoxy groups -OCH3 is 2. The van der Waals surface area contributed by atoms with Crippen molar-refractivity contribution < 1.29 is 17.9 Å². The van der Waals surface area contributed by atoms with Crippen LogP contribution in [0.15, 0.2) is 18.2 Å². The van der Waals surface area contributed by atoms with Gasteiger partial charge in [-0.25, -0.2) is 13.1 Å². The summed E-state index contributed by atoms with van der Waals surface area (Å²) in [5, 5.41) is 0. The van der Waals surface area contributed by atoms with E-state index in [-0.39, 0.29) is 5.75 Å². The number of hydrogen-bond donors (Lipinski definition) is 1. The third-order valence-electron chi connectivity index (χ3n) is 2.98. The van der Waals surface area contributed by atoms with Crippen LogP contribution in [0.25, 0.3) is 0 Å². The van der Waals surface area contributed by atoms with E-state index in [2.05, 4.69) is 4.72 Å². The van der Waals surface area contributed by atoms with Crippen LogP contribution >= 0.6 is 11.6 Å². The van der Waals surface area contributed by atoms with Crippen molar-refractivity contribution in [1.82, 2.24) is 4.72 Å². The van der Waals surface area contributed by atoms with E-state index in [1.807, 2.05) is 18.2 Å². The molecule has 0 atom stereocenters. The summed E-state index contributed by atoms with van der Waals surface area (Å²) in [6.07, 6.45) is 1.88. The van der Waals surface area contributed by atoms with Gasteiger partial charge >= 0.3 is 0 Å². The maximum Gasteiger partial charge on any atom is 0.211 e. The van der Waals surface area contributed by atoms with Gasteiger partial charge in [0.1, 0.15) is 0 Å². The largest absolute Gasteiger partial charge is 0.493 e. The summed E-state index contributed by atoms with van der Waals surface area (Å²) >= 11 is 5.53. The Kier molecular flexibility index (Phi) is 7.85. The van der Waals surface area contributed by atoms with Crippen LogP contribution < -0.4 is 14.2 Å². The van der Waals surface area contributed by atoms with Crippen LogP contribution in [0.2, 0.25) is 0 Å². The highest BCUT2D eigenvalue weighted by molar-refractivity contribution is 7.89. The van der Waals surface area contributed by atoms with Crippen molar-refractivity contribution in [2.45, 2.75) is 19.3 Å². The van der Waals surface area contributed by atoms with Gasteiger partial charge in [-0.05, 0) is 37.0 Å². The molecule has 0 heterocycles. The number of alkyl halides is 1. The van der Waals surface area contributed by atoms with Gasteiger partial charge in [0, 0.05) is 12.4 Å². The molecule has 5 nitrogen and oxygen atoms in total. The molecule has 0 aliphatic heterocycles. The van der Waals surface area contributed by atoms with Crippen LogP contribution in [0.3, 0.4) is 0 Å². The number of halogens is 1. The van der Waals surface area contributed by atoms with Crippen LogP contribution in [-0.2, 0) is 16.4 Å². The molecule has 0 fully saturated rings. The number of unbranched alkanes of at least 4 members (excludes halogenated alkanes) is 1. The molecule has 0 unspecified atom stereocenters. The van der Waals surface area contributed by atoms with Gasteiger partial charge in [0.2, 0.25) is 10.0 Å². The van der Waals surface area contributed by atoms with E-state index in [0.29, 0.717) is 43.2 Å². The Labute approximate surface area is 131 Å². The lowest BCUT2D eigenvalue weighted by atomic mass is 10.1. The van der Waals surface area contributed by atoms with Gasteiger partial charge in [-0.1, -0.05) is 6.07 Å². The van der Waals surface area contributed by atoms with Crippen molar-refractivity contribution >= 4 is 21.6 Å². The lowest BCUT2D eigenvalue weighted by molar-refractivity contribution is 0.354. The SMILES string of the molecule is COc1ccc(CCNS(=O)(=O)CCCCCl)cc1OC. The number of rotatable bonds is 10. The zero-order valence-electron chi connectivity index (χ0n) is 12.4. The molecule has 1 aromatic rings. The normalized spacial score (nSPS) is 11.4. The highest BCUT2D eigenvalue weighted by Crippen LogP contribution is 2.27. The topological polar surface area (TPSA) is 64.6 Å². The monoisotopic (exact) mass is 335 g/mol. The Morgan fingerprint density at radius 3 is 2.48 bits per heavy atom. The summed E-state index contributed by atoms with van der Waals surface area (Å²) in [4.78, 5) is 0. The van der Waals surface area contributed by atoms with E-state index in [0.717, 1.165) is 5.56 Å². The molecule has 1 rings (SSSR count). The zero-order valence-corrected chi connectivity index (χ0v) is 14.0. The maximum absolute atomic E-state index is 11.7. The molecule has 0 bridgehead atoms. The number of hydrogen-bond acceptors (Lipinski definition) is 4. The van der Waals surface area contributed by atoms with Gasteiger partial charge < -0.3 is 9.47 Å². The van der Waals surface area contributed by atoms with Crippen LogP contribution in [0.5, 0.6) is 11.5 Å². The van der Waals surface area contributed by atoms with Crippen molar-refractivity contribution in [3.63, 3.8) is 0 Å². The fourth-order valence-corrected chi connectivity index (χ4v) is 3.18. The van der Waals surface area contributed by atoms with Crippen molar-refractivity contribution in [1.29, 1.82) is 0 Å². The molecular formula is C14H22ClNO4S. The second-order valence-corrected chi connectivity index (χ2v) is 6.85. The van der Waals surface area contributed by atoms with Crippen molar-refractivity contribution in [3.05, 3.63) is 23.8 Å². The standard InChI is InChI=1S/C14H22ClNO4S/c1-19-13-6-5-12(11-14(13)20-2)7-9-16-21(17,18)10-4-3-8-15/h5-6,11,16H,3-4,7-10H2,1-2H3. The van der Waals surface area contributed by atoms with Gasteiger partial charge in [-0.15, -0.1) is 11.6 Å². The molecule has 21 heavy (non-hydrogen) atoms. The summed E-state index contributed by atoms with van der Waals surface area (Å²) in [6, 6.07) is 5.55. The lowest BCUT2D eigenvalue weighted by Gasteiger charge is -2.10. The zero-order chi connectivity index (χ0) is 15.7. The quantitative estimate of drug-likeness (QED) is 0.526. The maximum atomic E-state index is 11.7. The molecule has 0 saturated heterocycles. The van der Waals surface area contributed by atoms with Crippen LogP contribution in [0.4, 0.5) is 0 Å². The molecule has 0 aliphatic rings. The molecule has 7 heteroatoms. The summed E-state index contributed by atoms with van der Waals surface area (Å²) in [5.41, 5.74) is 0.983. The second-order valence-electron chi connectivity index (χ2n) is 4.55. The Morgan fingerprint density at radius 1 is 1.14 bits per heavy atom. The number of nitrogens with one attached hydrogen (secondary N) is 1. The molecule has 0 aliphatic carbocycles. The Morgan fingerprint density at radius 2 is 1.86 bits per heavy atom. The summed E-state index contributed by atoms with van der Waals surface area (Å²) < 4.78 is 36.4. The smallest absolute Gasteiger partial charge is 0.211 e. The first-order chi connectivity index (χ1) is 10.0. The first-order valence-corrected chi connectivity index (χ1v) is 8.95. The van der Waals surface area contributed by atoms with E-state index < -0.39 is 10.0 Å². The van der Waals surface area contributed by atoms with Crippen LogP contribution in [-0.4, -0.2) is 40.8 Å². The molecular weight excluding hydrogens is 314 g/mol. The molecule has 1 N–H and O–H groups in total. The Balaban J connectivity index is 2.48. The fraction of sp³-hybridized carbons (Fsp3) is 0.571. The molecule has 0 radical (unpaired) electrons. The summed E-state index contributed by atoms with van der Waals surface area (Å²) in [7, 11) is -0.0705. The summed E-state index contributed by atoms with van der Waals surface area (Å²) in [5.74, 6) is 1.90. The van der Waals surface area contributed by atoms with E-state index in [9.17, 15) is 8.42 Å². The Bertz CT molecular complexity index is 534. The molecule has 1 aromatic carbocycles. The van der Waals surface area contributed by atoms with E-state index in [1.54, 1.807) is 14.2 Å². The van der Waals surface area contributed by atoms with E-state index in [1.165, 1.54) is 0 Å². The minimum atomic E-state index is -3.22. The number of benzene rings is 1. The van der Waals surface area contributed by atoms with Gasteiger partial charge in [0.05, 0.1) is 20.0 Å². The third-order valence-corrected chi connectivity index (χ3v) is 4.72. The van der Waals surface area contributed by atoms with Crippen LogP contribution in [0.1, 0.15) is 18.4 Å². The van der Waals surface area contributed by atoms with Crippen molar-refractivity contribution in [3.8, 4) is 11.5 Å². The van der Waals surface area contributed by atoms with Gasteiger partial charge in [-0.2, -0.15) is 0 Å². The first kappa shape index (κ1) is 18.1. The van der Waals surface area contributed by atoms with Gasteiger partial charge in [0.25, 0.3) is 0 Å². The predicted molar refractivity (Wildman–Crippen MR) is 85.0 cm³/mol. The van der Waals surface area contributed by atoms with E-state index >= 15 is 0 Å². The van der Waals surface area contributed by atoms with Gasteiger partial charge in [0.15, 0.2) is 11.5 Å². The predicted octanol–water partition coefficient (Wildman–Crippen LogP) is 2.18. The molecule has 120 valence electrons. The van der Waals surface area contributed by atoms with Crippen molar-refractivity contribution in [2.24, 2.45) is 0 Å². The fourth-order valence-electron chi connectivity index (χ4n) is 1.85. The second kappa shape index (κ2) is 9.12.